The van der Waals surface area contributed by atoms with E-state index in [0.29, 0.717) is 0 Å². The number of hydrogen-bond acceptors (Lipinski definition) is 6. The van der Waals surface area contributed by atoms with Gasteiger partial charge in [0.15, 0.2) is 0 Å². The summed E-state index contributed by atoms with van der Waals surface area (Å²) in [6, 6.07) is 0. The van der Waals surface area contributed by atoms with Gasteiger partial charge < -0.3 is 18.9 Å². The molecule has 3 heterocycles. The number of cyclic esters (lactones) is 1. The van der Waals surface area contributed by atoms with Gasteiger partial charge in [0, 0.05) is 17.4 Å². The highest BCUT2D eigenvalue weighted by Crippen LogP contribution is 2.71. The maximum atomic E-state index is 13.2. The van der Waals surface area contributed by atoms with Gasteiger partial charge in [0.05, 0.1) is 24.4 Å². The monoisotopic (exact) mass is 358 g/mol. The SMILES string of the molecule is C=C[C@]1(C)CC[C@H]2[C@@]34O[C@@H]5OC(=O)[C@H](C=C3C=C(OC)OC(=O)[C@@H]41)[C@@]52C. The molecular formula is C20H22O6. The first-order valence-electron chi connectivity index (χ1n) is 9.03. The summed E-state index contributed by atoms with van der Waals surface area (Å²) in [6.45, 7) is 8.05. The number of carbonyl (C=O) groups excluding carboxylic acids is 2. The van der Waals surface area contributed by atoms with Crippen LogP contribution in [0.4, 0.5) is 0 Å². The summed E-state index contributed by atoms with van der Waals surface area (Å²) in [5, 5.41) is 0. The fourth-order valence-electron chi connectivity index (χ4n) is 6.08. The molecule has 2 bridgehead atoms. The Kier molecular flexibility index (Phi) is 2.85. The van der Waals surface area contributed by atoms with Crippen LogP contribution in [0.3, 0.4) is 0 Å². The van der Waals surface area contributed by atoms with Crippen LogP contribution in [0, 0.1) is 28.6 Å². The number of hydrogen-bond donors (Lipinski definition) is 0. The summed E-state index contributed by atoms with van der Waals surface area (Å²) in [6.07, 6.45) is 6.36. The van der Waals surface area contributed by atoms with Gasteiger partial charge in [-0.15, -0.1) is 6.58 Å². The first kappa shape index (κ1) is 16.1. The minimum Gasteiger partial charge on any atom is -0.468 e. The van der Waals surface area contributed by atoms with Crippen molar-refractivity contribution in [1.29, 1.82) is 0 Å². The molecule has 6 nitrogen and oxygen atoms in total. The van der Waals surface area contributed by atoms with Crippen molar-refractivity contribution in [2.24, 2.45) is 28.6 Å². The van der Waals surface area contributed by atoms with E-state index in [1.54, 1.807) is 6.08 Å². The highest BCUT2D eigenvalue weighted by molar-refractivity contribution is 5.83. The molecule has 26 heavy (non-hydrogen) atoms. The summed E-state index contributed by atoms with van der Waals surface area (Å²) >= 11 is 0. The second-order valence-electron chi connectivity index (χ2n) is 8.47. The van der Waals surface area contributed by atoms with Gasteiger partial charge in [0.25, 0.3) is 5.95 Å². The lowest BCUT2D eigenvalue weighted by atomic mass is 9.47. The van der Waals surface area contributed by atoms with E-state index in [9.17, 15) is 9.59 Å². The Morgan fingerprint density at radius 3 is 2.77 bits per heavy atom. The fourth-order valence-corrected chi connectivity index (χ4v) is 6.08. The molecule has 0 N–H and O–H groups in total. The van der Waals surface area contributed by atoms with E-state index in [1.807, 2.05) is 26.0 Å². The van der Waals surface area contributed by atoms with Gasteiger partial charge in [-0.3, -0.25) is 9.59 Å². The van der Waals surface area contributed by atoms with Crippen LogP contribution in [-0.2, 0) is 28.5 Å². The van der Waals surface area contributed by atoms with Crippen molar-refractivity contribution in [3.05, 3.63) is 36.3 Å². The van der Waals surface area contributed by atoms with Crippen LogP contribution in [0.2, 0.25) is 0 Å². The van der Waals surface area contributed by atoms with Crippen LogP contribution >= 0.6 is 0 Å². The smallest absolute Gasteiger partial charge is 0.320 e. The molecule has 1 saturated carbocycles. The zero-order valence-electron chi connectivity index (χ0n) is 15.1. The Balaban J connectivity index is 1.82. The topological polar surface area (TPSA) is 71.1 Å². The molecule has 2 saturated heterocycles. The Bertz CT molecular complexity index is 811. The molecule has 138 valence electrons. The number of rotatable bonds is 2. The van der Waals surface area contributed by atoms with Gasteiger partial charge in [-0.25, -0.2) is 0 Å². The number of methoxy groups -OCH3 is 1. The number of carbonyl (C=O) groups is 2. The van der Waals surface area contributed by atoms with Crippen molar-refractivity contribution < 1.29 is 28.5 Å². The molecule has 0 amide bonds. The van der Waals surface area contributed by atoms with Gasteiger partial charge in [-0.2, -0.15) is 0 Å². The second-order valence-corrected chi connectivity index (χ2v) is 8.47. The summed E-state index contributed by atoms with van der Waals surface area (Å²) in [5.74, 6) is -1.52. The standard InChI is InChI=1S/C20H22O6/c1-5-18(2)7-6-12-19(3)11-8-10-9-13(23-4)24-16(22)14(18)20(10,12)26-17(19)25-15(11)21/h5,8-9,11-12,14,17H,1,6-7H2,2-4H3/t11-,12+,14+,17-,18+,19+,20-/m0/s1. The van der Waals surface area contributed by atoms with Crippen LogP contribution < -0.4 is 0 Å². The van der Waals surface area contributed by atoms with E-state index in [2.05, 4.69) is 6.58 Å². The molecule has 3 aliphatic heterocycles. The van der Waals surface area contributed by atoms with Crippen LogP contribution in [0.1, 0.15) is 26.7 Å². The molecule has 0 aromatic rings. The van der Waals surface area contributed by atoms with Gasteiger partial charge in [0.1, 0.15) is 5.60 Å². The predicted molar refractivity (Wildman–Crippen MR) is 89.1 cm³/mol. The highest BCUT2D eigenvalue weighted by atomic mass is 16.7. The molecule has 5 aliphatic rings. The van der Waals surface area contributed by atoms with Crippen molar-refractivity contribution in [2.45, 2.75) is 38.6 Å². The molecule has 1 spiro atoms. The van der Waals surface area contributed by atoms with Gasteiger partial charge in [0.2, 0.25) is 6.29 Å². The van der Waals surface area contributed by atoms with Crippen LogP contribution in [0.5, 0.6) is 0 Å². The Labute approximate surface area is 151 Å². The third kappa shape index (κ3) is 1.50. The number of ether oxygens (including phenoxy) is 4. The van der Waals surface area contributed by atoms with Gasteiger partial charge in [-0.05, 0) is 18.4 Å². The summed E-state index contributed by atoms with van der Waals surface area (Å²) in [7, 11) is 1.46. The highest BCUT2D eigenvalue weighted by Gasteiger charge is 2.79. The number of esters is 2. The molecule has 0 unspecified atom stereocenters. The van der Waals surface area contributed by atoms with E-state index in [0.717, 1.165) is 18.4 Å². The van der Waals surface area contributed by atoms with Crippen molar-refractivity contribution >= 4 is 11.9 Å². The predicted octanol–water partition coefficient (Wildman–Crippen LogP) is 2.46. The van der Waals surface area contributed by atoms with E-state index in [-0.39, 0.29) is 29.7 Å². The second kappa shape index (κ2) is 4.60. The minimum atomic E-state index is -0.894. The minimum absolute atomic E-state index is 0.0190. The van der Waals surface area contributed by atoms with Crippen LogP contribution in [0.25, 0.3) is 0 Å². The zero-order chi connectivity index (χ0) is 18.5. The van der Waals surface area contributed by atoms with Gasteiger partial charge in [-0.1, -0.05) is 26.0 Å². The Hall–Kier alpha value is -2.08. The van der Waals surface area contributed by atoms with E-state index < -0.39 is 28.6 Å². The van der Waals surface area contributed by atoms with Crippen molar-refractivity contribution in [3.63, 3.8) is 0 Å². The molecule has 7 atom stereocenters. The summed E-state index contributed by atoms with van der Waals surface area (Å²) in [4.78, 5) is 25.6. The summed E-state index contributed by atoms with van der Waals surface area (Å²) < 4.78 is 22.9. The van der Waals surface area contributed by atoms with E-state index in [4.69, 9.17) is 18.9 Å². The lowest BCUT2D eigenvalue weighted by molar-refractivity contribution is -0.203. The lowest BCUT2D eigenvalue weighted by Gasteiger charge is -2.55. The lowest BCUT2D eigenvalue weighted by Crippen LogP contribution is -2.61. The fraction of sp³-hybridized carbons (Fsp3) is 0.600. The number of allylic oxidation sites excluding steroid dienone is 1. The maximum absolute atomic E-state index is 13.2. The first-order valence-corrected chi connectivity index (χ1v) is 9.03. The average molecular weight is 358 g/mol. The molecule has 0 aromatic heterocycles. The van der Waals surface area contributed by atoms with Crippen LogP contribution in [0.15, 0.2) is 36.3 Å². The molecule has 2 aliphatic carbocycles. The van der Waals surface area contributed by atoms with Gasteiger partial charge >= 0.3 is 11.9 Å². The third-order valence-electron chi connectivity index (χ3n) is 7.46. The van der Waals surface area contributed by atoms with Crippen molar-refractivity contribution in [1.82, 2.24) is 0 Å². The Morgan fingerprint density at radius 2 is 2.08 bits per heavy atom. The quantitative estimate of drug-likeness (QED) is 0.558. The van der Waals surface area contributed by atoms with E-state index in [1.165, 1.54) is 7.11 Å². The van der Waals surface area contributed by atoms with Crippen molar-refractivity contribution in [2.75, 3.05) is 7.11 Å². The molecule has 0 radical (unpaired) electrons. The van der Waals surface area contributed by atoms with Crippen LogP contribution in [-0.4, -0.2) is 30.9 Å². The third-order valence-corrected chi connectivity index (χ3v) is 7.46. The van der Waals surface area contributed by atoms with E-state index >= 15 is 0 Å². The normalized spacial score (nSPS) is 50.7. The first-order chi connectivity index (χ1) is 12.3. The van der Waals surface area contributed by atoms with Crippen molar-refractivity contribution in [3.8, 4) is 0 Å². The molecule has 6 heteroatoms. The molecule has 5 rings (SSSR count). The summed E-state index contributed by atoms with van der Waals surface area (Å²) in [5.41, 5.74) is -1.08. The average Bonchev–Trinajstić information content (AvgIpc) is 2.88. The molecule has 0 aromatic carbocycles. The largest absolute Gasteiger partial charge is 0.468 e. The zero-order valence-corrected chi connectivity index (χ0v) is 15.1. The maximum Gasteiger partial charge on any atom is 0.320 e. The molecular weight excluding hydrogens is 336 g/mol. The Morgan fingerprint density at radius 1 is 1.31 bits per heavy atom. The molecule has 3 fully saturated rings.